The fourth-order valence-electron chi connectivity index (χ4n) is 2.69. The third-order valence-electron chi connectivity index (χ3n) is 3.77. The number of hydrogen-bond acceptors (Lipinski definition) is 2. The van der Waals surface area contributed by atoms with Crippen LogP contribution in [-0.2, 0) is 6.42 Å². The van der Waals surface area contributed by atoms with Crippen molar-refractivity contribution in [2.75, 3.05) is 7.11 Å². The maximum absolute atomic E-state index is 10.5. The van der Waals surface area contributed by atoms with Crippen molar-refractivity contribution in [3.63, 3.8) is 0 Å². The summed E-state index contributed by atoms with van der Waals surface area (Å²) in [6, 6.07) is 5.55. The van der Waals surface area contributed by atoms with E-state index < -0.39 is 5.60 Å². The van der Waals surface area contributed by atoms with Gasteiger partial charge in [0.1, 0.15) is 5.75 Å². The zero-order valence-corrected chi connectivity index (χ0v) is 11.8. The standard InChI is InChI=1S/C15H21ClO2/c1-15(17,9-11-4-3-5-11)10-12-8-13(16)6-7-14(12)18-2/h6-8,11,17H,3-5,9-10H2,1-2H3. The lowest BCUT2D eigenvalue weighted by atomic mass is 9.76. The lowest BCUT2D eigenvalue weighted by Gasteiger charge is -2.33. The van der Waals surface area contributed by atoms with Gasteiger partial charge in [-0.05, 0) is 43.0 Å². The quantitative estimate of drug-likeness (QED) is 0.879. The summed E-state index contributed by atoms with van der Waals surface area (Å²) in [5.41, 5.74) is 0.303. The summed E-state index contributed by atoms with van der Waals surface area (Å²) >= 11 is 6.01. The molecule has 18 heavy (non-hydrogen) atoms. The number of methoxy groups -OCH3 is 1. The van der Waals surface area contributed by atoms with Crippen LogP contribution in [-0.4, -0.2) is 17.8 Å². The van der Waals surface area contributed by atoms with Crippen LogP contribution in [0.15, 0.2) is 18.2 Å². The van der Waals surface area contributed by atoms with Crippen LogP contribution in [0, 0.1) is 5.92 Å². The Hall–Kier alpha value is -0.730. The van der Waals surface area contributed by atoms with Crippen LogP contribution in [0.2, 0.25) is 5.02 Å². The van der Waals surface area contributed by atoms with Crippen molar-refractivity contribution >= 4 is 11.6 Å². The molecule has 100 valence electrons. The largest absolute Gasteiger partial charge is 0.496 e. The number of rotatable bonds is 5. The Kier molecular flexibility index (Phi) is 4.18. The minimum atomic E-state index is -0.678. The van der Waals surface area contributed by atoms with Crippen molar-refractivity contribution in [1.29, 1.82) is 0 Å². The van der Waals surface area contributed by atoms with Crippen LogP contribution >= 0.6 is 11.6 Å². The summed E-state index contributed by atoms with van der Waals surface area (Å²) < 4.78 is 5.32. The first-order valence-corrected chi connectivity index (χ1v) is 6.93. The van der Waals surface area contributed by atoms with E-state index in [1.54, 1.807) is 7.11 Å². The molecule has 0 heterocycles. The predicted molar refractivity (Wildman–Crippen MR) is 74.3 cm³/mol. The molecule has 3 heteroatoms. The number of benzene rings is 1. The zero-order valence-electron chi connectivity index (χ0n) is 11.1. The van der Waals surface area contributed by atoms with Gasteiger partial charge in [0.05, 0.1) is 12.7 Å². The molecule has 1 atom stereocenters. The van der Waals surface area contributed by atoms with E-state index in [1.165, 1.54) is 19.3 Å². The Morgan fingerprint density at radius 1 is 1.44 bits per heavy atom. The molecule has 1 aromatic carbocycles. The van der Waals surface area contributed by atoms with Gasteiger partial charge in [0, 0.05) is 11.4 Å². The lowest BCUT2D eigenvalue weighted by molar-refractivity contribution is 0.0200. The van der Waals surface area contributed by atoms with Crippen LogP contribution in [0.25, 0.3) is 0 Å². The van der Waals surface area contributed by atoms with E-state index in [4.69, 9.17) is 16.3 Å². The molecule has 1 aliphatic rings. The van der Waals surface area contributed by atoms with E-state index in [0.717, 1.165) is 17.7 Å². The van der Waals surface area contributed by atoms with Gasteiger partial charge in [-0.25, -0.2) is 0 Å². The molecule has 1 saturated carbocycles. The molecule has 1 fully saturated rings. The Morgan fingerprint density at radius 3 is 2.72 bits per heavy atom. The Labute approximate surface area is 114 Å². The highest BCUT2D eigenvalue weighted by molar-refractivity contribution is 6.30. The summed E-state index contributed by atoms with van der Waals surface area (Å²) in [5, 5.41) is 11.2. The fraction of sp³-hybridized carbons (Fsp3) is 0.600. The monoisotopic (exact) mass is 268 g/mol. The normalized spacial score (nSPS) is 19.1. The van der Waals surface area contributed by atoms with Gasteiger partial charge in [-0.15, -0.1) is 0 Å². The van der Waals surface area contributed by atoms with Crippen molar-refractivity contribution in [3.05, 3.63) is 28.8 Å². The summed E-state index contributed by atoms with van der Waals surface area (Å²) in [7, 11) is 1.65. The van der Waals surface area contributed by atoms with Gasteiger partial charge >= 0.3 is 0 Å². The molecule has 0 amide bonds. The second-order valence-corrected chi connectivity index (χ2v) is 6.07. The molecule has 0 bridgehead atoms. The summed E-state index contributed by atoms with van der Waals surface area (Å²) in [6.45, 7) is 1.91. The van der Waals surface area contributed by atoms with E-state index >= 15 is 0 Å². The van der Waals surface area contributed by atoms with Crippen molar-refractivity contribution in [3.8, 4) is 5.75 Å². The van der Waals surface area contributed by atoms with Crippen LogP contribution in [0.5, 0.6) is 5.75 Å². The van der Waals surface area contributed by atoms with Crippen LogP contribution < -0.4 is 4.74 Å². The minimum absolute atomic E-state index is 0.591. The molecule has 0 radical (unpaired) electrons. The molecule has 2 rings (SSSR count). The maximum atomic E-state index is 10.5. The molecular weight excluding hydrogens is 248 g/mol. The van der Waals surface area contributed by atoms with Gasteiger partial charge in [-0.1, -0.05) is 30.9 Å². The molecular formula is C15H21ClO2. The van der Waals surface area contributed by atoms with Crippen molar-refractivity contribution < 1.29 is 9.84 Å². The highest BCUT2D eigenvalue weighted by Crippen LogP contribution is 2.36. The van der Waals surface area contributed by atoms with E-state index in [0.29, 0.717) is 17.4 Å². The van der Waals surface area contributed by atoms with Crippen molar-refractivity contribution in [2.24, 2.45) is 5.92 Å². The highest BCUT2D eigenvalue weighted by Gasteiger charge is 2.29. The molecule has 1 unspecified atom stereocenters. The summed E-state index contributed by atoms with van der Waals surface area (Å²) in [6.07, 6.45) is 5.27. The Balaban J connectivity index is 2.08. The van der Waals surface area contributed by atoms with Crippen LogP contribution in [0.3, 0.4) is 0 Å². The second kappa shape index (κ2) is 5.50. The van der Waals surface area contributed by atoms with E-state index in [2.05, 4.69) is 0 Å². The smallest absolute Gasteiger partial charge is 0.122 e. The minimum Gasteiger partial charge on any atom is -0.496 e. The molecule has 1 aliphatic carbocycles. The van der Waals surface area contributed by atoms with Gasteiger partial charge in [0.15, 0.2) is 0 Å². The molecule has 1 aromatic rings. The first-order valence-electron chi connectivity index (χ1n) is 6.55. The highest BCUT2D eigenvalue weighted by atomic mass is 35.5. The molecule has 1 N–H and O–H groups in total. The molecule has 0 aromatic heterocycles. The SMILES string of the molecule is COc1ccc(Cl)cc1CC(C)(O)CC1CCC1. The topological polar surface area (TPSA) is 29.5 Å². The van der Waals surface area contributed by atoms with Crippen LogP contribution in [0.4, 0.5) is 0 Å². The van der Waals surface area contributed by atoms with Gasteiger partial charge < -0.3 is 9.84 Å². The van der Waals surface area contributed by atoms with E-state index in [-0.39, 0.29) is 0 Å². The maximum Gasteiger partial charge on any atom is 0.122 e. The zero-order chi connectivity index (χ0) is 13.2. The van der Waals surface area contributed by atoms with Gasteiger partial charge in [0.2, 0.25) is 0 Å². The molecule has 0 spiro atoms. The summed E-state index contributed by atoms with van der Waals surface area (Å²) in [5.74, 6) is 1.48. The third-order valence-corrected chi connectivity index (χ3v) is 4.00. The number of halogens is 1. The summed E-state index contributed by atoms with van der Waals surface area (Å²) in [4.78, 5) is 0. The van der Waals surface area contributed by atoms with Gasteiger partial charge in [-0.2, -0.15) is 0 Å². The fourth-order valence-corrected chi connectivity index (χ4v) is 2.88. The van der Waals surface area contributed by atoms with Crippen molar-refractivity contribution in [2.45, 2.75) is 44.6 Å². The third kappa shape index (κ3) is 3.39. The average molecular weight is 269 g/mol. The van der Waals surface area contributed by atoms with Gasteiger partial charge in [0.25, 0.3) is 0 Å². The molecule has 0 aliphatic heterocycles. The number of ether oxygens (including phenoxy) is 1. The Morgan fingerprint density at radius 2 is 2.17 bits per heavy atom. The predicted octanol–water partition coefficient (Wildman–Crippen LogP) is 3.83. The Bertz CT molecular complexity index is 411. The lowest BCUT2D eigenvalue weighted by Crippen LogP contribution is -2.32. The second-order valence-electron chi connectivity index (χ2n) is 5.63. The number of aliphatic hydroxyl groups is 1. The van der Waals surface area contributed by atoms with Crippen LogP contribution in [0.1, 0.15) is 38.2 Å². The van der Waals surface area contributed by atoms with Gasteiger partial charge in [-0.3, -0.25) is 0 Å². The molecule has 2 nitrogen and oxygen atoms in total. The first-order chi connectivity index (χ1) is 8.50. The van der Waals surface area contributed by atoms with E-state index in [9.17, 15) is 5.11 Å². The van der Waals surface area contributed by atoms with Crippen molar-refractivity contribution in [1.82, 2.24) is 0 Å². The van der Waals surface area contributed by atoms with E-state index in [1.807, 2.05) is 25.1 Å². The average Bonchev–Trinajstić information content (AvgIpc) is 2.24. The first kappa shape index (κ1) is 13.7. The number of hydrogen-bond donors (Lipinski definition) is 1. The molecule has 0 saturated heterocycles.